The van der Waals surface area contributed by atoms with Crippen LogP contribution in [0.5, 0.6) is 0 Å². The Morgan fingerprint density at radius 3 is 2.89 bits per heavy atom. The molecular weight excluding hydrogens is 125 g/mol. The van der Waals surface area contributed by atoms with Crippen LogP contribution in [0.15, 0.2) is 16.8 Å². The molecule has 0 saturated heterocycles. The zero-order valence-electron chi connectivity index (χ0n) is 4.41. The summed E-state index contributed by atoms with van der Waals surface area (Å²) in [6, 6.07) is 0. The van der Waals surface area contributed by atoms with E-state index >= 15 is 0 Å². The summed E-state index contributed by atoms with van der Waals surface area (Å²) in [5.41, 5.74) is 0. The van der Waals surface area contributed by atoms with E-state index in [1.54, 1.807) is 0 Å². The van der Waals surface area contributed by atoms with Crippen molar-refractivity contribution in [1.82, 2.24) is 0 Å². The first-order chi connectivity index (χ1) is 4.20. The number of carbonyl (C=O) groups excluding carboxylic acids is 1. The second-order valence-corrected chi connectivity index (χ2v) is 1.59. The van der Waals surface area contributed by atoms with E-state index in [1.807, 2.05) is 0 Å². The van der Waals surface area contributed by atoms with Crippen LogP contribution < -0.4 is 0 Å². The summed E-state index contributed by atoms with van der Waals surface area (Å²) < 4.78 is 12.1. The number of hydrogen-bond donors (Lipinski definition) is 1. The second kappa shape index (κ2) is 1.97. The van der Waals surface area contributed by atoms with Crippen LogP contribution in [0, 0.1) is 0 Å². The van der Waals surface area contributed by atoms with Gasteiger partial charge in [0.25, 0.3) is 5.91 Å². The Hall–Kier alpha value is -1.19. The Morgan fingerprint density at radius 1 is 1.78 bits per heavy atom. The number of carbonyl (C=O) groups is 1. The lowest BCUT2D eigenvalue weighted by Crippen LogP contribution is -2.12. The number of aliphatic hydroxyl groups excluding tert-OH is 1. The summed E-state index contributed by atoms with van der Waals surface area (Å²) in [7, 11) is 0. The number of alkyl halides is 1. The van der Waals surface area contributed by atoms with E-state index in [4.69, 9.17) is 5.11 Å². The number of aliphatic hydroxyl groups is 1. The minimum atomic E-state index is -1.61. The third kappa shape index (κ3) is 1.13. The number of hydrogen-bond acceptors (Lipinski definition) is 2. The Balaban J connectivity index is 2.82. The fourth-order valence-corrected chi connectivity index (χ4v) is 0.459. The van der Waals surface area contributed by atoms with Gasteiger partial charge in [-0.05, 0) is 0 Å². The summed E-state index contributed by atoms with van der Waals surface area (Å²) in [5.74, 6) is -1.20. The van der Waals surface area contributed by atoms with E-state index in [9.17, 15) is 9.18 Å². The standard InChI is InChI=1S/C5H4FNO2/c6-3-2-7-5(9)1-4(3)8/h1-3,8H. The molecule has 3 nitrogen and oxygen atoms in total. The Bertz CT molecular complexity index is 197. The van der Waals surface area contributed by atoms with Crippen molar-refractivity contribution in [3.05, 3.63) is 11.8 Å². The maximum atomic E-state index is 12.1. The van der Waals surface area contributed by atoms with Crippen LogP contribution in [0.4, 0.5) is 4.39 Å². The first-order valence-corrected chi connectivity index (χ1v) is 2.33. The summed E-state index contributed by atoms with van der Waals surface area (Å²) in [4.78, 5) is 13.3. The highest BCUT2D eigenvalue weighted by molar-refractivity contribution is 5.98. The van der Waals surface area contributed by atoms with Crippen LogP contribution in [-0.2, 0) is 4.79 Å². The van der Waals surface area contributed by atoms with Gasteiger partial charge in [-0.25, -0.2) is 9.38 Å². The van der Waals surface area contributed by atoms with Gasteiger partial charge in [-0.2, -0.15) is 0 Å². The number of allylic oxidation sites excluding steroid dienone is 1. The van der Waals surface area contributed by atoms with Crippen molar-refractivity contribution in [3.8, 4) is 0 Å². The normalized spacial score (nSPS) is 26.1. The van der Waals surface area contributed by atoms with Gasteiger partial charge >= 0.3 is 0 Å². The quantitative estimate of drug-likeness (QED) is 0.514. The van der Waals surface area contributed by atoms with Crippen molar-refractivity contribution < 1.29 is 14.3 Å². The number of aliphatic imine (C=N–C) groups is 1. The number of rotatable bonds is 0. The van der Waals surface area contributed by atoms with Crippen LogP contribution in [0.3, 0.4) is 0 Å². The monoisotopic (exact) mass is 129 g/mol. The van der Waals surface area contributed by atoms with Crippen molar-refractivity contribution in [1.29, 1.82) is 0 Å². The van der Waals surface area contributed by atoms with E-state index in [-0.39, 0.29) is 0 Å². The lowest BCUT2D eigenvalue weighted by Gasteiger charge is -2.02. The smallest absolute Gasteiger partial charge is 0.272 e. The molecule has 4 heteroatoms. The lowest BCUT2D eigenvalue weighted by molar-refractivity contribution is -0.113. The third-order valence-electron chi connectivity index (χ3n) is 0.887. The maximum Gasteiger partial charge on any atom is 0.272 e. The van der Waals surface area contributed by atoms with Gasteiger partial charge < -0.3 is 5.11 Å². The van der Waals surface area contributed by atoms with Crippen LogP contribution >= 0.6 is 0 Å². The molecule has 1 heterocycles. The molecule has 1 unspecified atom stereocenters. The largest absolute Gasteiger partial charge is 0.509 e. The zero-order valence-corrected chi connectivity index (χ0v) is 4.41. The molecule has 1 amide bonds. The van der Waals surface area contributed by atoms with Crippen LogP contribution in [0.1, 0.15) is 0 Å². The Kier molecular flexibility index (Phi) is 1.30. The maximum absolute atomic E-state index is 12.1. The van der Waals surface area contributed by atoms with Gasteiger partial charge in [-0.3, -0.25) is 4.79 Å². The molecule has 0 aliphatic carbocycles. The topological polar surface area (TPSA) is 49.7 Å². The molecule has 48 valence electrons. The highest BCUT2D eigenvalue weighted by atomic mass is 19.1. The molecular formula is C5H4FNO2. The van der Waals surface area contributed by atoms with Crippen molar-refractivity contribution in [2.75, 3.05) is 0 Å². The number of dihydropyridines is 1. The van der Waals surface area contributed by atoms with Gasteiger partial charge in [0.15, 0.2) is 6.17 Å². The first kappa shape index (κ1) is 5.94. The molecule has 0 radical (unpaired) electrons. The van der Waals surface area contributed by atoms with E-state index in [1.165, 1.54) is 0 Å². The molecule has 0 aromatic carbocycles. The fraction of sp³-hybridized carbons (Fsp3) is 0.200. The molecule has 0 aromatic rings. The molecule has 0 saturated carbocycles. The van der Waals surface area contributed by atoms with E-state index < -0.39 is 17.8 Å². The van der Waals surface area contributed by atoms with Crippen LogP contribution in [0.25, 0.3) is 0 Å². The van der Waals surface area contributed by atoms with Crippen molar-refractivity contribution in [2.45, 2.75) is 6.17 Å². The van der Waals surface area contributed by atoms with Crippen LogP contribution in [-0.4, -0.2) is 23.4 Å². The Morgan fingerprint density at radius 2 is 2.44 bits per heavy atom. The predicted molar refractivity (Wildman–Crippen MR) is 29.1 cm³/mol. The van der Waals surface area contributed by atoms with E-state index in [0.717, 1.165) is 12.3 Å². The summed E-state index contributed by atoms with van der Waals surface area (Å²) >= 11 is 0. The molecule has 0 aromatic heterocycles. The molecule has 0 spiro atoms. The fourth-order valence-electron chi connectivity index (χ4n) is 0.459. The van der Waals surface area contributed by atoms with Crippen molar-refractivity contribution in [2.24, 2.45) is 4.99 Å². The number of amides is 1. The molecule has 1 rings (SSSR count). The van der Waals surface area contributed by atoms with Crippen LogP contribution in [0.2, 0.25) is 0 Å². The lowest BCUT2D eigenvalue weighted by atomic mass is 10.3. The first-order valence-electron chi connectivity index (χ1n) is 2.33. The zero-order chi connectivity index (χ0) is 6.85. The average molecular weight is 129 g/mol. The van der Waals surface area contributed by atoms with Gasteiger partial charge in [-0.15, -0.1) is 0 Å². The minimum absolute atomic E-state index is 0.574. The highest BCUT2D eigenvalue weighted by Crippen LogP contribution is 2.05. The Labute approximate surface area is 50.5 Å². The van der Waals surface area contributed by atoms with Gasteiger partial charge in [0.1, 0.15) is 5.76 Å². The van der Waals surface area contributed by atoms with E-state index in [2.05, 4.69) is 4.99 Å². The van der Waals surface area contributed by atoms with Crippen molar-refractivity contribution >= 4 is 12.1 Å². The highest BCUT2D eigenvalue weighted by Gasteiger charge is 2.14. The molecule has 1 aliphatic rings. The average Bonchev–Trinajstić information content (AvgIpc) is 1.80. The molecule has 1 N–H and O–H groups in total. The van der Waals surface area contributed by atoms with E-state index in [0.29, 0.717) is 0 Å². The third-order valence-corrected chi connectivity index (χ3v) is 0.887. The van der Waals surface area contributed by atoms with Gasteiger partial charge in [0.05, 0.1) is 6.21 Å². The van der Waals surface area contributed by atoms with Gasteiger partial charge in [0, 0.05) is 6.08 Å². The van der Waals surface area contributed by atoms with Crippen molar-refractivity contribution in [3.63, 3.8) is 0 Å². The summed E-state index contributed by atoms with van der Waals surface area (Å²) in [6.07, 6.45) is -0.0924. The predicted octanol–water partition coefficient (Wildman–Crippen LogP) is 0.377. The molecule has 1 atom stereocenters. The second-order valence-electron chi connectivity index (χ2n) is 1.59. The molecule has 1 aliphatic heterocycles. The van der Waals surface area contributed by atoms with Gasteiger partial charge in [0.2, 0.25) is 0 Å². The summed E-state index contributed by atoms with van der Waals surface area (Å²) in [6.45, 7) is 0. The minimum Gasteiger partial charge on any atom is -0.509 e. The molecule has 9 heavy (non-hydrogen) atoms. The number of nitrogens with zero attached hydrogens (tertiary/aromatic N) is 1. The SMILES string of the molecule is O=C1C=C(O)C(F)C=N1. The van der Waals surface area contributed by atoms with Gasteiger partial charge in [-0.1, -0.05) is 0 Å². The molecule has 0 bridgehead atoms. The number of halogens is 1. The summed E-state index contributed by atoms with van der Waals surface area (Å²) in [5, 5.41) is 8.52. The molecule has 0 fully saturated rings.